The number of nitrogens with zero attached hydrogens (tertiary/aromatic N) is 1. The van der Waals surface area contributed by atoms with E-state index in [4.69, 9.17) is 11.0 Å². The van der Waals surface area contributed by atoms with Crippen LogP contribution < -0.4 is 11.1 Å². The van der Waals surface area contributed by atoms with Crippen molar-refractivity contribution < 1.29 is 18.0 Å². The van der Waals surface area contributed by atoms with Crippen LogP contribution in [0.1, 0.15) is 41.4 Å². The van der Waals surface area contributed by atoms with E-state index in [2.05, 4.69) is 5.32 Å². The van der Waals surface area contributed by atoms with Gasteiger partial charge in [-0.3, -0.25) is 4.79 Å². The van der Waals surface area contributed by atoms with Gasteiger partial charge in [0.25, 0.3) is 0 Å². The molecule has 1 atom stereocenters. The number of carbonyl (C=O) groups excluding carboxylic acids is 1. The predicted octanol–water partition coefficient (Wildman–Crippen LogP) is 3.55. The number of Topliss-reactive ketones (excluding diaryl/α,β-unsaturated/α-hetero) is 1. The van der Waals surface area contributed by atoms with E-state index in [1.165, 1.54) is 6.92 Å². The third kappa shape index (κ3) is 3.67. The summed E-state index contributed by atoms with van der Waals surface area (Å²) < 4.78 is 37.0. The Morgan fingerprint density at radius 2 is 2.19 bits per heavy atom. The molecule has 0 amide bonds. The summed E-state index contributed by atoms with van der Waals surface area (Å²) in [5, 5.41) is 12.0. The summed E-state index contributed by atoms with van der Waals surface area (Å²) in [6.45, 7) is 1.37. The van der Waals surface area contributed by atoms with Crippen molar-refractivity contribution in [1.82, 2.24) is 0 Å². The van der Waals surface area contributed by atoms with Crippen LogP contribution in [0.25, 0.3) is 0 Å². The van der Waals surface area contributed by atoms with Gasteiger partial charge in [-0.05, 0) is 19.8 Å². The number of halogens is 3. The lowest BCUT2D eigenvalue weighted by molar-refractivity contribution is -0.136. The summed E-state index contributed by atoms with van der Waals surface area (Å²) in [5.74, 6) is -0.177. The van der Waals surface area contributed by atoms with E-state index in [1.54, 1.807) is 0 Å². The molecule has 0 spiro atoms. The van der Waals surface area contributed by atoms with Crippen LogP contribution in [0.5, 0.6) is 0 Å². The number of thiophene rings is 1. The molecule has 8 heteroatoms. The van der Waals surface area contributed by atoms with Crippen molar-refractivity contribution in [2.45, 2.75) is 38.4 Å². The van der Waals surface area contributed by atoms with Gasteiger partial charge in [-0.15, -0.1) is 11.3 Å². The number of nitrogen functional groups attached to an aromatic ring is 1. The molecule has 21 heavy (non-hydrogen) atoms. The topological polar surface area (TPSA) is 78.9 Å². The number of carbonyl (C=O) groups is 1. The molecule has 0 aliphatic heterocycles. The molecule has 114 valence electrons. The van der Waals surface area contributed by atoms with E-state index in [1.807, 2.05) is 6.07 Å². The molecule has 1 aliphatic rings. The number of ketones is 1. The maximum Gasteiger partial charge on any atom is 0.391 e. The van der Waals surface area contributed by atoms with Crippen molar-refractivity contribution >= 4 is 27.8 Å². The Morgan fingerprint density at radius 3 is 2.67 bits per heavy atom. The number of nitriles is 1. The van der Waals surface area contributed by atoms with Gasteiger partial charge in [0.1, 0.15) is 16.6 Å². The Bertz CT molecular complexity index is 599. The normalized spacial score (nSPS) is 16.3. The zero-order chi connectivity index (χ0) is 15.8. The number of hydrogen-bond acceptors (Lipinski definition) is 5. The molecule has 0 aromatic carbocycles. The molecule has 1 saturated carbocycles. The third-order valence-corrected chi connectivity index (χ3v) is 4.30. The fourth-order valence-corrected chi connectivity index (χ4v) is 3.19. The Morgan fingerprint density at radius 1 is 1.57 bits per heavy atom. The minimum absolute atomic E-state index is 0.0537. The lowest BCUT2D eigenvalue weighted by atomic mass is 10.1. The quantitative estimate of drug-likeness (QED) is 0.814. The second-order valence-electron chi connectivity index (χ2n) is 5.16. The first-order valence-corrected chi connectivity index (χ1v) is 7.24. The number of alkyl halides is 3. The van der Waals surface area contributed by atoms with Crippen LogP contribution in [0, 0.1) is 17.2 Å². The molecule has 1 unspecified atom stereocenters. The number of rotatable bonds is 5. The van der Waals surface area contributed by atoms with E-state index < -0.39 is 18.6 Å². The van der Waals surface area contributed by atoms with Crippen molar-refractivity contribution in [3.63, 3.8) is 0 Å². The van der Waals surface area contributed by atoms with Crippen LogP contribution >= 0.6 is 11.3 Å². The van der Waals surface area contributed by atoms with Crippen molar-refractivity contribution in [3.05, 3.63) is 10.4 Å². The van der Waals surface area contributed by atoms with Crippen molar-refractivity contribution in [1.29, 1.82) is 5.26 Å². The average Bonchev–Trinajstić information content (AvgIpc) is 3.12. The molecule has 1 heterocycles. The number of nitrogens with two attached hydrogens (primary N) is 1. The van der Waals surface area contributed by atoms with Crippen LogP contribution in [0.3, 0.4) is 0 Å². The number of nitrogens with one attached hydrogen (secondary N) is 1. The Hall–Kier alpha value is -1.75. The van der Waals surface area contributed by atoms with E-state index in [0.29, 0.717) is 0 Å². The van der Waals surface area contributed by atoms with E-state index in [9.17, 15) is 18.0 Å². The van der Waals surface area contributed by atoms with Crippen molar-refractivity contribution in [2.75, 3.05) is 11.1 Å². The molecule has 1 fully saturated rings. The maximum absolute atomic E-state index is 12.3. The number of anilines is 2. The smallest absolute Gasteiger partial charge is 0.391 e. The maximum atomic E-state index is 12.3. The van der Waals surface area contributed by atoms with Gasteiger partial charge in [0.15, 0.2) is 5.78 Å². The van der Waals surface area contributed by atoms with Crippen LogP contribution in [-0.4, -0.2) is 18.0 Å². The van der Waals surface area contributed by atoms with Crippen molar-refractivity contribution in [3.8, 4) is 6.07 Å². The van der Waals surface area contributed by atoms with Gasteiger partial charge in [-0.1, -0.05) is 0 Å². The molecule has 0 bridgehead atoms. The lowest BCUT2D eigenvalue weighted by Crippen LogP contribution is -2.23. The Labute approximate surface area is 123 Å². The van der Waals surface area contributed by atoms with E-state index in [-0.39, 0.29) is 32.8 Å². The second-order valence-corrected chi connectivity index (χ2v) is 6.18. The Kier molecular flexibility index (Phi) is 4.14. The largest absolute Gasteiger partial charge is 0.396 e. The molecule has 1 aliphatic carbocycles. The second kappa shape index (κ2) is 5.56. The SMILES string of the molecule is CC(CC(F)(F)F)Nc1sc(C(=O)C2CC2)c(N)c1C#N. The summed E-state index contributed by atoms with van der Waals surface area (Å²) in [5.41, 5.74) is 5.91. The summed E-state index contributed by atoms with van der Waals surface area (Å²) in [6.07, 6.45) is -3.73. The molecule has 0 saturated heterocycles. The highest BCUT2D eigenvalue weighted by atomic mass is 32.1. The van der Waals surface area contributed by atoms with E-state index >= 15 is 0 Å². The number of hydrogen-bond donors (Lipinski definition) is 2. The van der Waals surface area contributed by atoms with Crippen molar-refractivity contribution in [2.24, 2.45) is 5.92 Å². The average molecular weight is 317 g/mol. The molecule has 1 aromatic heterocycles. The minimum Gasteiger partial charge on any atom is -0.396 e. The summed E-state index contributed by atoms with van der Waals surface area (Å²) in [6, 6.07) is 0.952. The highest BCUT2D eigenvalue weighted by Crippen LogP contribution is 2.41. The van der Waals surface area contributed by atoms with Crippen LogP contribution in [-0.2, 0) is 0 Å². The van der Waals surface area contributed by atoms with Gasteiger partial charge in [-0.25, -0.2) is 0 Å². The molecular weight excluding hydrogens is 303 g/mol. The molecule has 0 radical (unpaired) electrons. The van der Waals surface area contributed by atoms with Gasteiger partial charge >= 0.3 is 6.18 Å². The van der Waals surface area contributed by atoms with Gasteiger partial charge in [0.05, 0.1) is 17.0 Å². The molecule has 4 nitrogen and oxygen atoms in total. The first-order valence-electron chi connectivity index (χ1n) is 6.42. The standard InChI is InChI=1S/C13H14F3N3OS/c1-6(4-13(14,15)16)19-12-8(5-17)9(18)11(21-12)10(20)7-2-3-7/h6-7,19H,2-4,18H2,1H3. The summed E-state index contributed by atoms with van der Waals surface area (Å²) >= 11 is 0.966. The van der Waals surface area contributed by atoms with Gasteiger partial charge in [-0.2, -0.15) is 18.4 Å². The fraction of sp³-hybridized carbons (Fsp3) is 0.538. The highest BCUT2D eigenvalue weighted by Gasteiger charge is 2.35. The van der Waals surface area contributed by atoms with Crippen LogP contribution in [0.2, 0.25) is 0 Å². The zero-order valence-electron chi connectivity index (χ0n) is 11.3. The molecule has 1 aromatic rings. The van der Waals surface area contributed by atoms with Gasteiger partial charge in [0.2, 0.25) is 0 Å². The van der Waals surface area contributed by atoms with E-state index in [0.717, 1.165) is 24.2 Å². The predicted molar refractivity (Wildman–Crippen MR) is 74.3 cm³/mol. The third-order valence-electron chi connectivity index (χ3n) is 3.14. The lowest BCUT2D eigenvalue weighted by Gasteiger charge is -2.15. The van der Waals surface area contributed by atoms with Gasteiger partial charge < -0.3 is 11.1 Å². The molecular formula is C13H14F3N3OS. The van der Waals surface area contributed by atoms with Crippen LogP contribution in [0.15, 0.2) is 0 Å². The summed E-state index contributed by atoms with van der Waals surface area (Å²) in [4.78, 5) is 12.3. The van der Waals surface area contributed by atoms with Crippen LogP contribution in [0.4, 0.5) is 23.9 Å². The highest BCUT2D eigenvalue weighted by molar-refractivity contribution is 7.19. The monoisotopic (exact) mass is 317 g/mol. The van der Waals surface area contributed by atoms with Gasteiger partial charge in [0, 0.05) is 12.0 Å². The minimum atomic E-state index is -4.30. The summed E-state index contributed by atoms with van der Waals surface area (Å²) in [7, 11) is 0. The fourth-order valence-electron chi connectivity index (χ4n) is 1.99. The first kappa shape index (κ1) is 15.6. The first-order chi connectivity index (χ1) is 9.73. The Balaban J connectivity index is 2.21. The molecule has 3 N–H and O–H groups in total. The zero-order valence-corrected chi connectivity index (χ0v) is 12.1. The molecule has 2 rings (SSSR count).